The SMILES string of the molecule is COc1ccc(CCC(=O)Nc2cc3c(cc2Br)OCCO3)cc1. The molecule has 0 unspecified atom stereocenters. The van der Waals surface area contributed by atoms with E-state index in [0.29, 0.717) is 43.2 Å². The second kappa shape index (κ2) is 7.57. The average Bonchev–Trinajstić information content (AvgIpc) is 2.61. The third-order valence-electron chi connectivity index (χ3n) is 3.71. The molecule has 5 nitrogen and oxygen atoms in total. The molecule has 0 aromatic heterocycles. The van der Waals surface area contributed by atoms with Gasteiger partial charge in [-0.05, 0) is 40.0 Å². The summed E-state index contributed by atoms with van der Waals surface area (Å²) in [6.45, 7) is 1.05. The zero-order chi connectivity index (χ0) is 16.9. The van der Waals surface area contributed by atoms with E-state index >= 15 is 0 Å². The number of fused-ring (bicyclic) bond motifs is 1. The van der Waals surface area contributed by atoms with Gasteiger partial charge in [0, 0.05) is 23.0 Å². The molecule has 1 N–H and O–H groups in total. The fourth-order valence-corrected chi connectivity index (χ4v) is 2.84. The Labute approximate surface area is 149 Å². The van der Waals surface area contributed by atoms with Crippen molar-refractivity contribution < 1.29 is 19.0 Å². The highest BCUT2D eigenvalue weighted by atomic mass is 79.9. The van der Waals surface area contributed by atoms with E-state index in [2.05, 4.69) is 21.2 Å². The largest absolute Gasteiger partial charge is 0.497 e. The molecule has 3 rings (SSSR count). The van der Waals surface area contributed by atoms with Gasteiger partial charge in [-0.1, -0.05) is 12.1 Å². The number of hydrogen-bond acceptors (Lipinski definition) is 4. The van der Waals surface area contributed by atoms with Crippen molar-refractivity contribution >= 4 is 27.5 Å². The van der Waals surface area contributed by atoms with Crippen LogP contribution in [0.3, 0.4) is 0 Å². The smallest absolute Gasteiger partial charge is 0.224 e. The molecule has 2 aromatic rings. The molecule has 1 heterocycles. The van der Waals surface area contributed by atoms with Crippen LogP contribution < -0.4 is 19.5 Å². The van der Waals surface area contributed by atoms with Gasteiger partial charge >= 0.3 is 0 Å². The Morgan fingerprint density at radius 3 is 2.50 bits per heavy atom. The molecule has 6 heteroatoms. The van der Waals surface area contributed by atoms with Gasteiger partial charge < -0.3 is 19.5 Å². The normalized spacial score (nSPS) is 12.6. The minimum Gasteiger partial charge on any atom is -0.497 e. The number of benzene rings is 2. The summed E-state index contributed by atoms with van der Waals surface area (Å²) in [5.74, 6) is 2.09. The van der Waals surface area contributed by atoms with Crippen LogP contribution in [0.25, 0.3) is 0 Å². The van der Waals surface area contributed by atoms with Crippen LogP contribution >= 0.6 is 15.9 Å². The maximum Gasteiger partial charge on any atom is 0.224 e. The summed E-state index contributed by atoms with van der Waals surface area (Å²) < 4.78 is 16.9. The lowest BCUT2D eigenvalue weighted by Crippen LogP contribution is -2.17. The molecule has 24 heavy (non-hydrogen) atoms. The van der Waals surface area contributed by atoms with Crippen LogP contribution in [0.15, 0.2) is 40.9 Å². The van der Waals surface area contributed by atoms with Gasteiger partial charge in [-0.15, -0.1) is 0 Å². The summed E-state index contributed by atoms with van der Waals surface area (Å²) in [6, 6.07) is 11.3. The number of rotatable bonds is 5. The fraction of sp³-hybridized carbons (Fsp3) is 0.278. The number of ether oxygens (including phenoxy) is 3. The predicted molar refractivity (Wildman–Crippen MR) is 95.1 cm³/mol. The number of carbonyl (C=O) groups is 1. The number of carbonyl (C=O) groups excluding carboxylic acids is 1. The summed E-state index contributed by atoms with van der Waals surface area (Å²) in [5, 5.41) is 2.91. The highest BCUT2D eigenvalue weighted by Crippen LogP contribution is 2.38. The van der Waals surface area contributed by atoms with E-state index in [0.717, 1.165) is 15.8 Å². The number of amides is 1. The van der Waals surface area contributed by atoms with Crippen molar-refractivity contribution in [1.82, 2.24) is 0 Å². The summed E-state index contributed by atoms with van der Waals surface area (Å²) in [5.41, 5.74) is 1.77. The van der Waals surface area contributed by atoms with Crippen molar-refractivity contribution in [2.24, 2.45) is 0 Å². The minimum atomic E-state index is -0.0526. The van der Waals surface area contributed by atoms with Crippen LogP contribution in [0, 0.1) is 0 Å². The first-order valence-electron chi connectivity index (χ1n) is 7.67. The van der Waals surface area contributed by atoms with E-state index < -0.39 is 0 Å². The molecule has 0 atom stereocenters. The quantitative estimate of drug-likeness (QED) is 0.841. The molecule has 1 aliphatic rings. The van der Waals surface area contributed by atoms with E-state index in [1.807, 2.05) is 30.3 Å². The lowest BCUT2D eigenvalue weighted by atomic mass is 10.1. The third kappa shape index (κ3) is 4.00. The van der Waals surface area contributed by atoms with Gasteiger partial charge in [0.25, 0.3) is 0 Å². The highest BCUT2D eigenvalue weighted by molar-refractivity contribution is 9.10. The lowest BCUT2D eigenvalue weighted by Gasteiger charge is -2.20. The monoisotopic (exact) mass is 391 g/mol. The second-order valence-corrected chi connectivity index (χ2v) is 6.23. The van der Waals surface area contributed by atoms with Crippen LogP contribution in [0.1, 0.15) is 12.0 Å². The van der Waals surface area contributed by atoms with Gasteiger partial charge in [-0.2, -0.15) is 0 Å². The van der Waals surface area contributed by atoms with Crippen molar-refractivity contribution in [3.8, 4) is 17.2 Å². The Bertz CT molecular complexity index is 731. The Kier molecular flexibility index (Phi) is 5.25. The van der Waals surface area contributed by atoms with Crippen LogP contribution in [-0.2, 0) is 11.2 Å². The number of hydrogen-bond donors (Lipinski definition) is 1. The zero-order valence-electron chi connectivity index (χ0n) is 13.3. The molecular formula is C18H18BrNO4. The molecule has 0 bridgehead atoms. The van der Waals surface area contributed by atoms with E-state index in [4.69, 9.17) is 14.2 Å². The van der Waals surface area contributed by atoms with Gasteiger partial charge in [0.2, 0.25) is 5.91 Å². The van der Waals surface area contributed by atoms with Gasteiger partial charge in [-0.25, -0.2) is 0 Å². The fourth-order valence-electron chi connectivity index (χ4n) is 2.42. The topological polar surface area (TPSA) is 56.8 Å². The molecule has 1 aliphatic heterocycles. The Morgan fingerprint density at radius 1 is 1.17 bits per heavy atom. The van der Waals surface area contributed by atoms with Crippen molar-refractivity contribution in [2.45, 2.75) is 12.8 Å². The first-order valence-corrected chi connectivity index (χ1v) is 8.47. The number of anilines is 1. The van der Waals surface area contributed by atoms with Gasteiger partial charge in [0.15, 0.2) is 11.5 Å². The molecule has 1 amide bonds. The Morgan fingerprint density at radius 2 is 1.83 bits per heavy atom. The highest BCUT2D eigenvalue weighted by Gasteiger charge is 2.16. The molecule has 0 radical (unpaired) electrons. The molecule has 0 aliphatic carbocycles. The van der Waals surface area contributed by atoms with Crippen molar-refractivity contribution in [2.75, 3.05) is 25.6 Å². The molecule has 0 fully saturated rings. The summed E-state index contributed by atoms with van der Waals surface area (Å²) >= 11 is 3.45. The number of halogens is 1. The number of methoxy groups -OCH3 is 1. The van der Waals surface area contributed by atoms with Crippen molar-refractivity contribution in [1.29, 1.82) is 0 Å². The molecular weight excluding hydrogens is 374 g/mol. The minimum absolute atomic E-state index is 0.0526. The molecule has 0 spiro atoms. The van der Waals surface area contributed by atoms with Crippen molar-refractivity contribution in [3.05, 3.63) is 46.4 Å². The van der Waals surface area contributed by atoms with Crippen LogP contribution in [0.2, 0.25) is 0 Å². The molecule has 2 aromatic carbocycles. The lowest BCUT2D eigenvalue weighted by molar-refractivity contribution is -0.116. The first-order chi connectivity index (χ1) is 11.7. The Balaban J connectivity index is 1.60. The van der Waals surface area contributed by atoms with E-state index in [9.17, 15) is 4.79 Å². The summed E-state index contributed by atoms with van der Waals surface area (Å²) in [7, 11) is 1.63. The Hall–Kier alpha value is -2.21. The van der Waals surface area contributed by atoms with Crippen LogP contribution in [0.5, 0.6) is 17.2 Å². The summed E-state index contributed by atoms with van der Waals surface area (Å²) in [4.78, 5) is 12.2. The third-order valence-corrected chi connectivity index (χ3v) is 4.36. The zero-order valence-corrected chi connectivity index (χ0v) is 14.9. The molecule has 0 saturated carbocycles. The molecule has 0 saturated heterocycles. The van der Waals surface area contributed by atoms with Crippen LogP contribution in [0.4, 0.5) is 5.69 Å². The van der Waals surface area contributed by atoms with Crippen molar-refractivity contribution in [3.63, 3.8) is 0 Å². The summed E-state index contributed by atoms with van der Waals surface area (Å²) in [6.07, 6.45) is 1.06. The van der Waals surface area contributed by atoms with Gasteiger partial charge in [-0.3, -0.25) is 4.79 Å². The van der Waals surface area contributed by atoms with Crippen LogP contribution in [-0.4, -0.2) is 26.2 Å². The maximum atomic E-state index is 12.2. The maximum absolute atomic E-state index is 12.2. The van der Waals surface area contributed by atoms with Gasteiger partial charge in [0.05, 0.1) is 12.8 Å². The molecule has 126 valence electrons. The van der Waals surface area contributed by atoms with E-state index in [1.54, 1.807) is 13.2 Å². The predicted octanol–water partition coefficient (Wildman–Crippen LogP) is 3.80. The van der Waals surface area contributed by atoms with E-state index in [-0.39, 0.29) is 5.91 Å². The number of nitrogens with one attached hydrogen (secondary N) is 1. The van der Waals surface area contributed by atoms with E-state index in [1.165, 1.54) is 0 Å². The second-order valence-electron chi connectivity index (χ2n) is 5.37. The first kappa shape index (κ1) is 16.6. The standard InChI is InChI=1S/C18H18BrNO4/c1-22-13-5-2-12(3-6-13)4-7-18(21)20-15-11-17-16(10-14(15)19)23-8-9-24-17/h2-3,5-6,10-11H,4,7-9H2,1H3,(H,20,21). The number of aryl methyl sites for hydroxylation is 1. The average molecular weight is 392 g/mol. The van der Waals surface area contributed by atoms with Gasteiger partial charge in [0.1, 0.15) is 19.0 Å².